The van der Waals surface area contributed by atoms with E-state index in [4.69, 9.17) is 16.3 Å². The molecule has 1 saturated heterocycles. The van der Waals surface area contributed by atoms with Gasteiger partial charge in [0, 0.05) is 16.3 Å². The molecule has 3 aromatic carbocycles. The van der Waals surface area contributed by atoms with E-state index >= 15 is 0 Å². The van der Waals surface area contributed by atoms with Crippen molar-refractivity contribution in [3.05, 3.63) is 99.9 Å². The fourth-order valence-electron chi connectivity index (χ4n) is 3.14. The predicted octanol–water partition coefficient (Wildman–Crippen LogP) is 5.59. The van der Waals surface area contributed by atoms with Crippen LogP contribution in [0.4, 0.5) is 10.5 Å². The van der Waals surface area contributed by atoms with Crippen LogP contribution in [0.25, 0.3) is 6.08 Å². The molecule has 0 spiro atoms. The molecule has 4 rings (SSSR count). The number of para-hydroxylation sites is 2. The Hall–Kier alpha value is -3.55. The number of benzene rings is 3. The summed E-state index contributed by atoms with van der Waals surface area (Å²) in [4.78, 5) is 39.0. The number of imide groups is 1. The highest BCUT2D eigenvalue weighted by molar-refractivity contribution is 8.18. The van der Waals surface area contributed by atoms with Crippen LogP contribution in [-0.2, 0) is 16.1 Å². The number of nitrogens with one attached hydrogen (secondary N) is 1. The molecule has 0 aromatic heterocycles. The van der Waals surface area contributed by atoms with Crippen molar-refractivity contribution in [3.63, 3.8) is 0 Å². The van der Waals surface area contributed by atoms with Gasteiger partial charge < -0.3 is 10.1 Å². The molecule has 0 radical (unpaired) electrons. The first-order valence-electron chi connectivity index (χ1n) is 10.1. The van der Waals surface area contributed by atoms with Crippen LogP contribution in [0.5, 0.6) is 5.75 Å². The van der Waals surface area contributed by atoms with Crippen molar-refractivity contribution in [1.82, 2.24) is 4.90 Å². The fraction of sp³-hybridized carbons (Fsp3) is 0.0800. The van der Waals surface area contributed by atoms with Gasteiger partial charge in [-0.3, -0.25) is 19.3 Å². The summed E-state index contributed by atoms with van der Waals surface area (Å²) in [7, 11) is 0. The molecule has 3 amide bonds. The average molecular weight is 479 g/mol. The maximum atomic E-state index is 12.9. The summed E-state index contributed by atoms with van der Waals surface area (Å²) >= 11 is 6.77. The summed E-state index contributed by atoms with van der Waals surface area (Å²) in [6.07, 6.45) is 1.61. The molecule has 0 atom stereocenters. The quantitative estimate of drug-likeness (QED) is 0.448. The molecule has 1 fully saturated rings. The molecule has 1 heterocycles. The van der Waals surface area contributed by atoms with E-state index in [0.29, 0.717) is 26.9 Å². The molecule has 3 aromatic rings. The van der Waals surface area contributed by atoms with Crippen molar-refractivity contribution in [1.29, 1.82) is 0 Å². The number of halogens is 1. The number of hydrogen-bond acceptors (Lipinski definition) is 5. The number of carbonyl (C=O) groups excluding carboxylic acids is 3. The maximum absolute atomic E-state index is 12.9. The van der Waals surface area contributed by atoms with Crippen molar-refractivity contribution >= 4 is 52.2 Å². The molecule has 0 aliphatic carbocycles. The largest absolute Gasteiger partial charge is 0.483 e. The minimum atomic E-state index is -0.378. The molecule has 166 valence electrons. The second kappa shape index (κ2) is 10.4. The highest BCUT2D eigenvalue weighted by atomic mass is 35.5. The van der Waals surface area contributed by atoms with Gasteiger partial charge in [0.2, 0.25) is 0 Å². The highest BCUT2D eigenvalue weighted by Gasteiger charge is 2.35. The number of ether oxygens (including phenoxy) is 1. The number of anilines is 1. The first kappa shape index (κ1) is 22.6. The SMILES string of the molecule is O=C(COc1ccccc1/C=C1/SC(=O)N(Cc2ccc(Cl)cc2)C1=O)Nc1ccccc1. The average Bonchev–Trinajstić information content (AvgIpc) is 3.08. The van der Waals surface area contributed by atoms with Gasteiger partial charge in [0.1, 0.15) is 5.75 Å². The second-order valence-electron chi connectivity index (χ2n) is 7.14. The van der Waals surface area contributed by atoms with Crippen LogP contribution in [0.1, 0.15) is 11.1 Å². The first-order valence-corrected chi connectivity index (χ1v) is 11.3. The van der Waals surface area contributed by atoms with Crippen LogP contribution in [0, 0.1) is 0 Å². The molecule has 8 heteroatoms. The standard InChI is InChI=1S/C25H19ClN2O4S/c26-19-12-10-17(11-13-19)15-28-24(30)22(33-25(28)31)14-18-6-4-5-9-21(18)32-16-23(29)27-20-7-2-1-3-8-20/h1-14H,15-16H2,(H,27,29)/b22-14+. The first-order chi connectivity index (χ1) is 16.0. The Morgan fingerprint density at radius 3 is 2.42 bits per heavy atom. The Morgan fingerprint density at radius 2 is 1.67 bits per heavy atom. The number of amides is 3. The van der Waals surface area contributed by atoms with Gasteiger partial charge in [-0.15, -0.1) is 0 Å². The zero-order chi connectivity index (χ0) is 23.2. The molecule has 33 heavy (non-hydrogen) atoms. The number of hydrogen-bond donors (Lipinski definition) is 1. The van der Waals surface area contributed by atoms with Gasteiger partial charge >= 0.3 is 0 Å². The van der Waals surface area contributed by atoms with Crippen LogP contribution >= 0.6 is 23.4 Å². The van der Waals surface area contributed by atoms with E-state index in [-0.39, 0.29) is 30.2 Å². The highest BCUT2D eigenvalue weighted by Crippen LogP contribution is 2.35. The summed E-state index contributed by atoms with van der Waals surface area (Å²) in [5, 5.41) is 2.99. The van der Waals surface area contributed by atoms with Gasteiger partial charge in [-0.25, -0.2) is 0 Å². The lowest BCUT2D eigenvalue weighted by atomic mass is 10.1. The van der Waals surface area contributed by atoms with Crippen molar-refractivity contribution < 1.29 is 19.1 Å². The van der Waals surface area contributed by atoms with E-state index in [2.05, 4.69) is 5.32 Å². The zero-order valence-corrected chi connectivity index (χ0v) is 18.9. The van der Waals surface area contributed by atoms with Crippen LogP contribution in [0.15, 0.2) is 83.8 Å². The van der Waals surface area contributed by atoms with E-state index in [1.165, 1.54) is 4.90 Å². The van der Waals surface area contributed by atoms with E-state index in [9.17, 15) is 14.4 Å². The van der Waals surface area contributed by atoms with Crippen LogP contribution < -0.4 is 10.1 Å². The van der Waals surface area contributed by atoms with E-state index in [1.807, 2.05) is 18.2 Å². The lowest BCUT2D eigenvalue weighted by Gasteiger charge is -2.12. The van der Waals surface area contributed by atoms with E-state index in [1.54, 1.807) is 66.7 Å². The van der Waals surface area contributed by atoms with E-state index < -0.39 is 0 Å². The molecule has 0 saturated carbocycles. The topological polar surface area (TPSA) is 75.7 Å². The summed E-state index contributed by atoms with van der Waals surface area (Å²) in [5.74, 6) is -0.249. The molecular formula is C25H19ClN2O4S. The zero-order valence-electron chi connectivity index (χ0n) is 17.4. The lowest BCUT2D eigenvalue weighted by molar-refractivity contribution is -0.123. The van der Waals surface area contributed by atoms with Crippen molar-refractivity contribution in [2.24, 2.45) is 0 Å². The van der Waals surface area contributed by atoms with Gasteiger partial charge in [0.15, 0.2) is 6.61 Å². The number of carbonyl (C=O) groups is 3. The molecule has 1 aliphatic rings. The third-order valence-corrected chi connectivity index (χ3v) is 5.91. The third kappa shape index (κ3) is 5.83. The third-order valence-electron chi connectivity index (χ3n) is 4.75. The summed E-state index contributed by atoms with van der Waals surface area (Å²) in [6, 6.07) is 23.1. The van der Waals surface area contributed by atoms with Gasteiger partial charge in [0.25, 0.3) is 17.1 Å². The lowest BCUT2D eigenvalue weighted by Crippen LogP contribution is -2.27. The number of rotatable bonds is 7. The smallest absolute Gasteiger partial charge is 0.293 e. The minimum absolute atomic E-state index is 0.164. The summed E-state index contributed by atoms with van der Waals surface area (Å²) < 4.78 is 5.69. The molecule has 1 aliphatic heterocycles. The second-order valence-corrected chi connectivity index (χ2v) is 8.56. The molecular weight excluding hydrogens is 460 g/mol. The fourth-order valence-corrected chi connectivity index (χ4v) is 4.10. The molecule has 6 nitrogen and oxygen atoms in total. The van der Waals surface area contributed by atoms with Gasteiger partial charge in [0.05, 0.1) is 11.4 Å². The normalized spacial score (nSPS) is 14.6. The van der Waals surface area contributed by atoms with Gasteiger partial charge in [-0.1, -0.05) is 60.1 Å². The molecule has 0 bridgehead atoms. The summed E-state index contributed by atoms with van der Waals surface area (Å²) in [6.45, 7) is -0.0330. The van der Waals surface area contributed by atoms with Crippen molar-refractivity contribution in [2.45, 2.75) is 6.54 Å². The Kier molecular flexibility index (Phi) is 7.12. The predicted molar refractivity (Wildman–Crippen MR) is 130 cm³/mol. The Bertz CT molecular complexity index is 1210. The number of nitrogens with zero attached hydrogens (tertiary/aromatic N) is 1. The monoisotopic (exact) mass is 478 g/mol. The van der Waals surface area contributed by atoms with E-state index in [0.717, 1.165) is 17.3 Å². The maximum Gasteiger partial charge on any atom is 0.293 e. The Labute approximate surface area is 200 Å². The van der Waals surface area contributed by atoms with Crippen molar-refractivity contribution in [3.8, 4) is 5.75 Å². The Balaban J connectivity index is 1.44. The van der Waals surface area contributed by atoms with Gasteiger partial charge in [-0.05, 0) is 53.7 Å². The van der Waals surface area contributed by atoms with Crippen LogP contribution in [0.2, 0.25) is 5.02 Å². The van der Waals surface area contributed by atoms with Crippen LogP contribution in [-0.4, -0.2) is 28.6 Å². The minimum Gasteiger partial charge on any atom is -0.483 e. The van der Waals surface area contributed by atoms with Gasteiger partial charge in [-0.2, -0.15) is 0 Å². The molecule has 1 N–H and O–H groups in total. The summed E-state index contributed by atoms with van der Waals surface area (Å²) in [5.41, 5.74) is 2.08. The molecule has 0 unspecified atom stereocenters. The Morgan fingerprint density at radius 1 is 0.970 bits per heavy atom. The van der Waals surface area contributed by atoms with Crippen molar-refractivity contribution in [2.75, 3.05) is 11.9 Å². The number of thioether (sulfide) groups is 1. The van der Waals surface area contributed by atoms with Crippen LogP contribution in [0.3, 0.4) is 0 Å².